The molecule has 1 amide bonds. The number of amides is 1. The summed E-state index contributed by atoms with van der Waals surface area (Å²) in [6.07, 6.45) is 4.70. The molecular formula is C14H23N3O. The molecule has 1 aliphatic rings. The molecule has 4 nitrogen and oxygen atoms in total. The Bertz CT molecular complexity index is 372. The second kappa shape index (κ2) is 6.05. The van der Waals surface area contributed by atoms with Crippen molar-refractivity contribution in [2.75, 3.05) is 13.1 Å². The van der Waals surface area contributed by atoms with Crippen molar-refractivity contribution in [1.29, 1.82) is 0 Å². The molecular weight excluding hydrogens is 226 g/mol. The second-order valence-electron chi connectivity index (χ2n) is 5.23. The van der Waals surface area contributed by atoms with E-state index in [0.717, 1.165) is 31.6 Å². The molecule has 1 atom stereocenters. The highest BCUT2D eigenvalue weighted by Crippen LogP contribution is 2.31. The molecule has 2 N–H and O–H groups in total. The summed E-state index contributed by atoms with van der Waals surface area (Å²) in [6, 6.07) is 4.77. The topological polar surface area (TPSA) is 48.1 Å². The van der Waals surface area contributed by atoms with Crippen LogP contribution in [0, 0.1) is 0 Å². The first-order chi connectivity index (χ1) is 8.68. The first-order valence-corrected chi connectivity index (χ1v) is 6.84. The van der Waals surface area contributed by atoms with Gasteiger partial charge in [-0.3, -0.25) is 4.79 Å². The molecule has 0 saturated carbocycles. The van der Waals surface area contributed by atoms with Crippen molar-refractivity contribution in [3.05, 3.63) is 24.0 Å². The third-order valence-corrected chi connectivity index (χ3v) is 3.45. The van der Waals surface area contributed by atoms with Crippen LogP contribution in [0.4, 0.5) is 0 Å². The third kappa shape index (κ3) is 3.13. The zero-order valence-corrected chi connectivity index (χ0v) is 11.3. The van der Waals surface area contributed by atoms with Crippen LogP contribution in [0.2, 0.25) is 0 Å². The highest BCUT2D eigenvalue weighted by molar-refractivity contribution is 5.77. The molecule has 4 heteroatoms. The van der Waals surface area contributed by atoms with Crippen LogP contribution in [0.15, 0.2) is 18.3 Å². The Balaban J connectivity index is 1.89. The van der Waals surface area contributed by atoms with Crippen molar-refractivity contribution >= 4 is 5.91 Å². The number of carbonyl (C=O) groups is 1. The van der Waals surface area contributed by atoms with Gasteiger partial charge in [0.1, 0.15) is 0 Å². The molecule has 1 aromatic rings. The van der Waals surface area contributed by atoms with Gasteiger partial charge < -0.3 is 15.2 Å². The van der Waals surface area contributed by atoms with E-state index < -0.39 is 0 Å². The number of rotatable bonds is 5. The number of nitrogens with zero attached hydrogens (tertiary/aromatic N) is 1. The number of aromatic nitrogens is 1. The zero-order chi connectivity index (χ0) is 13.0. The maximum absolute atomic E-state index is 12.2. The van der Waals surface area contributed by atoms with Crippen molar-refractivity contribution in [3.8, 4) is 0 Å². The zero-order valence-electron chi connectivity index (χ0n) is 11.3. The van der Waals surface area contributed by atoms with Crippen LogP contribution in [0.5, 0.6) is 0 Å². The number of hydrogen-bond acceptors (Lipinski definition) is 2. The summed E-state index contributed by atoms with van der Waals surface area (Å²) >= 11 is 0. The lowest BCUT2D eigenvalue weighted by atomic mass is 10.1. The van der Waals surface area contributed by atoms with Gasteiger partial charge in [-0.25, -0.2) is 0 Å². The Morgan fingerprint density at radius 2 is 2.44 bits per heavy atom. The molecule has 100 valence electrons. The van der Waals surface area contributed by atoms with Crippen LogP contribution in [-0.4, -0.2) is 34.9 Å². The number of carbonyl (C=O) groups excluding carboxylic acids is 1. The Kier molecular flexibility index (Phi) is 4.42. The maximum Gasteiger partial charge on any atom is 0.224 e. The minimum atomic E-state index is 0.256. The number of likely N-dealkylation sites (tertiary alicyclic amines) is 1. The van der Waals surface area contributed by atoms with Gasteiger partial charge in [0, 0.05) is 37.4 Å². The normalized spacial score (nSPS) is 19.7. The lowest BCUT2D eigenvalue weighted by Crippen LogP contribution is -2.34. The molecule has 1 fully saturated rings. The van der Waals surface area contributed by atoms with E-state index in [1.54, 1.807) is 0 Å². The summed E-state index contributed by atoms with van der Waals surface area (Å²) in [6.45, 7) is 5.86. The average molecular weight is 249 g/mol. The van der Waals surface area contributed by atoms with E-state index >= 15 is 0 Å². The van der Waals surface area contributed by atoms with Crippen LogP contribution < -0.4 is 5.32 Å². The maximum atomic E-state index is 12.2. The number of nitrogens with one attached hydrogen (secondary N) is 2. The highest BCUT2D eigenvalue weighted by atomic mass is 16.2. The van der Waals surface area contributed by atoms with Crippen LogP contribution in [-0.2, 0) is 4.79 Å². The van der Waals surface area contributed by atoms with Gasteiger partial charge in [-0.05, 0) is 25.0 Å². The van der Waals surface area contributed by atoms with E-state index in [4.69, 9.17) is 0 Å². The number of aromatic amines is 1. The summed E-state index contributed by atoms with van der Waals surface area (Å²) in [5.41, 5.74) is 1.16. The van der Waals surface area contributed by atoms with Crippen LogP contribution >= 0.6 is 0 Å². The molecule has 0 aliphatic carbocycles. The van der Waals surface area contributed by atoms with Gasteiger partial charge in [-0.15, -0.1) is 0 Å². The van der Waals surface area contributed by atoms with Crippen molar-refractivity contribution in [1.82, 2.24) is 15.2 Å². The Hall–Kier alpha value is -1.29. The van der Waals surface area contributed by atoms with Gasteiger partial charge in [0.05, 0.1) is 6.04 Å². The molecule has 0 spiro atoms. The predicted molar refractivity (Wildman–Crippen MR) is 72.2 cm³/mol. The van der Waals surface area contributed by atoms with Crippen molar-refractivity contribution < 1.29 is 4.79 Å². The number of hydrogen-bond donors (Lipinski definition) is 2. The number of H-pyrrole nitrogens is 1. The fourth-order valence-corrected chi connectivity index (χ4v) is 2.55. The molecule has 0 radical (unpaired) electrons. The minimum absolute atomic E-state index is 0.256. The van der Waals surface area contributed by atoms with Gasteiger partial charge in [0.15, 0.2) is 0 Å². The fraction of sp³-hybridized carbons (Fsp3) is 0.643. The Labute approximate surface area is 109 Å². The van der Waals surface area contributed by atoms with Crippen LogP contribution in [0.3, 0.4) is 0 Å². The molecule has 1 saturated heterocycles. The van der Waals surface area contributed by atoms with Crippen molar-refractivity contribution in [2.24, 2.45) is 0 Å². The summed E-state index contributed by atoms with van der Waals surface area (Å²) in [5, 5.41) is 3.29. The highest BCUT2D eigenvalue weighted by Gasteiger charge is 2.29. The first kappa shape index (κ1) is 13.1. The standard InChI is InChI=1S/C14H23N3O/c1-11(2)15-9-7-14(18)17-10-4-6-13(17)12-5-3-8-16-12/h3,5,8,11,13,15-16H,4,6-7,9-10H2,1-2H3. The van der Waals surface area contributed by atoms with Gasteiger partial charge >= 0.3 is 0 Å². The van der Waals surface area contributed by atoms with E-state index in [0.29, 0.717) is 12.5 Å². The predicted octanol–water partition coefficient (Wildman–Crippen LogP) is 2.07. The van der Waals surface area contributed by atoms with E-state index in [2.05, 4.69) is 30.2 Å². The lowest BCUT2D eigenvalue weighted by molar-refractivity contribution is -0.132. The summed E-state index contributed by atoms with van der Waals surface area (Å²) in [4.78, 5) is 17.5. The third-order valence-electron chi connectivity index (χ3n) is 3.45. The first-order valence-electron chi connectivity index (χ1n) is 6.84. The Morgan fingerprint density at radius 3 is 3.11 bits per heavy atom. The van der Waals surface area contributed by atoms with Gasteiger partial charge in [0.2, 0.25) is 5.91 Å². The van der Waals surface area contributed by atoms with Gasteiger partial charge in [0.25, 0.3) is 0 Å². The Morgan fingerprint density at radius 1 is 1.61 bits per heavy atom. The molecule has 1 unspecified atom stereocenters. The summed E-state index contributed by atoms with van der Waals surface area (Å²) < 4.78 is 0. The minimum Gasteiger partial charge on any atom is -0.363 e. The quantitative estimate of drug-likeness (QED) is 0.839. The average Bonchev–Trinajstić information content (AvgIpc) is 2.99. The largest absolute Gasteiger partial charge is 0.363 e. The van der Waals surface area contributed by atoms with Gasteiger partial charge in [-0.1, -0.05) is 13.8 Å². The molecule has 1 aromatic heterocycles. The monoisotopic (exact) mass is 249 g/mol. The summed E-state index contributed by atoms with van der Waals surface area (Å²) in [7, 11) is 0. The van der Waals surface area contributed by atoms with E-state index in [-0.39, 0.29) is 11.9 Å². The molecule has 0 aromatic carbocycles. The lowest BCUT2D eigenvalue weighted by Gasteiger charge is -2.24. The molecule has 0 bridgehead atoms. The molecule has 18 heavy (non-hydrogen) atoms. The molecule has 2 heterocycles. The van der Waals surface area contributed by atoms with E-state index in [1.165, 1.54) is 0 Å². The summed E-state index contributed by atoms with van der Waals surface area (Å²) in [5.74, 6) is 0.264. The van der Waals surface area contributed by atoms with Crippen LogP contribution in [0.25, 0.3) is 0 Å². The fourth-order valence-electron chi connectivity index (χ4n) is 2.55. The van der Waals surface area contributed by atoms with E-state index in [1.807, 2.05) is 17.2 Å². The van der Waals surface area contributed by atoms with Crippen LogP contribution in [0.1, 0.15) is 44.8 Å². The SMILES string of the molecule is CC(C)NCCC(=O)N1CCCC1c1ccc[nH]1. The van der Waals surface area contributed by atoms with Gasteiger partial charge in [-0.2, -0.15) is 0 Å². The van der Waals surface area contributed by atoms with Crippen molar-refractivity contribution in [2.45, 2.75) is 45.2 Å². The molecule has 1 aliphatic heterocycles. The van der Waals surface area contributed by atoms with E-state index in [9.17, 15) is 4.79 Å². The smallest absolute Gasteiger partial charge is 0.224 e. The van der Waals surface area contributed by atoms with Crippen molar-refractivity contribution in [3.63, 3.8) is 0 Å². The second-order valence-corrected chi connectivity index (χ2v) is 5.23. The molecule has 2 rings (SSSR count).